The van der Waals surface area contributed by atoms with Crippen LogP contribution in [0.2, 0.25) is 0 Å². The number of hydrogen-bond acceptors (Lipinski definition) is 5. The van der Waals surface area contributed by atoms with Crippen LogP contribution in [0.5, 0.6) is 0 Å². The van der Waals surface area contributed by atoms with Gasteiger partial charge in [-0.3, -0.25) is 19.5 Å². The lowest BCUT2D eigenvalue weighted by Gasteiger charge is -2.35. The van der Waals surface area contributed by atoms with E-state index in [1.54, 1.807) is 31.0 Å². The zero-order valence-corrected chi connectivity index (χ0v) is 20.3. The number of nitrogens with zero attached hydrogens (tertiary/aromatic N) is 4. The van der Waals surface area contributed by atoms with Crippen LogP contribution in [0.3, 0.4) is 0 Å². The first-order chi connectivity index (χ1) is 16.3. The van der Waals surface area contributed by atoms with Gasteiger partial charge >= 0.3 is 0 Å². The Balaban J connectivity index is 1.58. The second-order valence-electron chi connectivity index (χ2n) is 9.42. The average Bonchev–Trinajstić information content (AvgIpc) is 3.22. The molecule has 0 spiro atoms. The molecule has 0 N–H and O–H groups in total. The molecule has 1 amide bonds. The highest BCUT2D eigenvalue weighted by Gasteiger charge is 2.46. The normalized spacial score (nSPS) is 21.0. The number of carbonyl (C=O) groups excluding carboxylic acids is 2. The highest BCUT2D eigenvalue weighted by molar-refractivity contribution is 6.43. The molecule has 1 saturated heterocycles. The Bertz CT molecular complexity index is 1080. The molecule has 4 rings (SSSR count). The van der Waals surface area contributed by atoms with Crippen LogP contribution in [-0.4, -0.2) is 66.5 Å². The lowest BCUT2D eigenvalue weighted by atomic mass is 9.72. The zero-order chi connectivity index (χ0) is 24.3. The molecule has 2 aliphatic rings. The van der Waals surface area contributed by atoms with Crippen LogP contribution in [0.15, 0.2) is 53.6 Å². The van der Waals surface area contributed by atoms with Gasteiger partial charge in [0.2, 0.25) is 5.91 Å². The van der Waals surface area contributed by atoms with Gasteiger partial charge in [0.15, 0.2) is 5.78 Å². The average molecular weight is 465 g/mol. The third kappa shape index (κ3) is 4.89. The van der Waals surface area contributed by atoms with Gasteiger partial charge in [0.25, 0.3) is 0 Å². The van der Waals surface area contributed by atoms with Crippen molar-refractivity contribution in [2.24, 2.45) is 5.10 Å². The molecule has 6 nitrogen and oxygen atoms in total. The second-order valence-corrected chi connectivity index (χ2v) is 9.42. The lowest BCUT2D eigenvalue weighted by Crippen LogP contribution is -2.48. The predicted molar refractivity (Wildman–Crippen MR) is 133 cm³/mol. The van der Waals surface area contributed by atoms with Crippen molar-refractivity contribution in [2.45, 2.75) is 39.0 Å². The van der Waals surface area contributed by atoms with E-state index in [0.29, 0.717) is 17.9 Å². The monoisotopic (exact) mass is 464 g/mol. The Kier molecular flexibility index (Phi) is 7.12. The molecule has 2 aromatic carbocycles. The van der Waals surface area contributed by atoms with Gasteiger partial charge in [0, 0.05) is 40.0 Å². The summed E-state index contributed by atoms with van der Waals surface area (Å²) >= 11 is 0. The number of hydrogen-bond donors (Lipinski definition) is 0. The van der Waals surface area contributed by atoms with E-state index < -0.39 is 5.41 Å². The highest BCUT2D eigenvalue weighted by atomic mass is 19.1. The summed E-state index contributed by atoms with van der Waals surface area (Å²) in [6.07, 6.45) is 1.59. The minimum Gasteiger partial charge on any atom is -0.340 e. The summed E-state index contributed by atoms with van der Waals surface area (Å²) in [5, 5.41) is 6.35. The van der Waals surface area contributed by atoms with E-state index in [-0.39, 0.29) is 17.5 Å². The molecule has 0 radical (unpaired) electrons. The predicted octanol–water partition coefficient (Wildman–Crippen LogP) is 3.78. The lowest BCUT2D eigenvalue weighted by molar-refractivity contribution is -0.130. The van der Waals surface area contributed by atoms with Crippen LogP contribution in [0.4, 0.5) is 10.1 Å². The molecule has 0 bridgehead atoms. The van der Waals surface area contributed by atoms with Crippen LogP contribution in [-0.2, 0) is 15.0 Å². The van der Waals surface area contributed by atoms with Crippen LogP contribution in [0.25, 0.3) is 0 Å². The maximum atomic E-state index is 14.8. The van der Waals surface area contributed by atoms with E-state index in [9.17, 15) is 14.0 Å². The van der Waals surface area contributed by atoms with E-state index in [2.05, 4.69) is 10.0 Å². The minimum absolute atomic E-state index is 0.0884. The van der Waals surface area contributed by atoms with E-state index in [0.717, 1.165) is 56.7 Å². The van der Waals surface area contributed by atoms with Crippen molar-refractivity contribution in [1.82, 2.24) is 9.80 Å². The van der Waals surface area contributed by atoms with Gasteiger partial charge in [-0.05, 0) is 49.6 Å². The van der Waals surface area contributed by atoms with Gasteiger partial charge in [-0.1, -0.05) is 36.4 Å². The number of amides is 1. The number of hydrazone groups is 1. The third-order valence-electron chi connectivity index (χ3n) is 7.03. The van der Waals surface area contributed by atoms with Crippen LogP contribution < -0.4 is 5.01 Å². The summed E-state index contributed by atoms with van der Waals surface area (Å²) in [4.78, 5) is 28.7. The Morgan fingerprint density at radius 2 is 1.74 bits per heavy atom. The smallest absolute Gasteiger partial charge is 0.219 e. The fraction of sp³-hybridized carbons (Fsp3) is 0.444. The summed E-state index contributed by atoms with van der Waals surface area (Å²) in [5.41, 5.74) is 2.25. The van der Waals surface area contributed by atoms with Gasteiger partial charge in [-0.15, -0.1) is 0 Å². The molecule has 1 atom stereocenters. The first-order valence-corrected chi connectivity index (χ1v) is 12.0. The molecule has 2 aliphatic heterocycles. The van der Waals surface area contributed by atoms with E-state index in [1.165, 1.54) is 6.07 Å². The Hall–Kier alpha value is -3.06. The number of carbonyl (C=O) groups is 2. The van der Waals surface area contributed by atoms with Crippen LogP contribution in [0, 0.1) is 12.7 Å². The molecule has 2 aromatic rings. The van der Waals surface area contributed by atoms with Crippen LogP contribution in [0.1, 0.15) is 37.8 Å². The van der Waals surface area contributed by atoms with Crippen molar-refractivity contribution in [3.05, 3.63) is 65.5 Å². The number of piperazine rings is 1. The first kappa shape index (κ1) is 24.1. The number of anilines is 1. The molecule has 7 heteroatoms. The topological polar surface area (TPSA) is 56.2 Å². The first-order valence-electron chi connectivity index (χ1n) is 12.0. The van der Waals surface area contributed by atoms with Gasteiger partial charge in [0.1, 0.15) is 11.5 Å². The van der Waals surface area contributed by atoms with E-state index in [4.69, 9.17) is 0 Å². The van der Waals surface area contributed by atoms with Crippen molar-refractivity contribution < 1.29 is 14.0 Å². The molecule has 0 aliphatic carbocycles. The zero-order valence-electron chi connectivity index (χ0n) is 20.3. The molecule has 0 saturated carbocycles. The number of Topliss-reactive ketones (excluding diaryl/α,β-unsaturated/α-hetero) is 1. The Morgan fingerprint density at radius 3 is 2.38 bits per heavy atom. The Morgan fingerprint density at radius 1 is 1.03 bits per heavy atom. The van der Waals surface area contributed by atoms with Crippen molar-refractivity contribution in [2.75, 3.05) is 44.3 Å². The minimum atomic E-state index is -0.607. The molecule has 34 heavy (non-hydrogen) atoms. The Labute approximate surface area is 201 Å². The summed E-state index contributed by atoms with van der Waals surface area (Å²) < 4.78 is 14.8. The highest BCUT2D eigenvalue weighted by Crippen LogP contribution is 2.40. The maximum Gasteiger partial charge on any atom is 0.219 e. The number of ketones is 1. The fourth-order valence-corrected chi connectivity index (χ4v) is 5.17. The van der Waals surface area contributed by atoms with Crippen molar-refractivity contribution >= 4 is 23.1 Å². The van der Waals surface area contributed by atoms with Crippen LogP contribution >= 0.6 is 0 Å². The molecule has 0 aromatic heterocycles. The largest absolute Gasteiger partial charge is 0.340 e. The molecule has 2 heterocycles. The number of rotatable bonds is 7. The summed E-state index contributed by atoms with van der Waals surface area (Å²) in [7, 11) is 0. The maximum absolute atomic E-state index is 14.8. The van der Waals surface area contributed by atoms with Gasteiger partial charge in [0.05, 0.1) is 17.6 Å². The van der Waals surface area contributed by atoms with Gasteiger partial charge < -0.3 is 4.90 Å². The van der Waals surface area contributed by atoms with Gasteiger partial charge in [-0.25, -0.2) is 4.39 Å². The number of benzene rings is 2. The summed E-state index contributed by atoms with van der Waals surface area (Å²) in [6, 6.07) is 15.0. The van der Waals surface area contributed by atoms with Crippen molar-refractivity contribution in [3.63, 3.8) is 0 Å². The quantitative estimate of drug-likeness (QED) is 0.626. The molecule has 1 fully saturated rings. The fourth-order valence-electron chi connectivity index (χ4n) is 5.17. The van der Waals surface area contributed by atoms with E-state index >= 15 is 0 Å². The standard InChI is InChI=1S/C27H33FN4O2/c1-20-10-11-24(28)25(18-20)32-19-27(26(29-32)21(2)33,23-8-5-4-6-9-23)12-7-13-30-14-16-31(17-15-30)22(3)34/h4-6,8-11,18H,7,12-17,19H2,1-3H3/t27-/m1/s1. The molecular weight excluding hydrogens is 431 g/mol. The van der Waals surface area contributed by atoms with Crippen molar-refractivity contribution in [1.29, 1.82) is 0 Å². The third-order valence-corrected chi connectivity index (χ3v) is 7.03. The summed E-state index contributed by atoms with van der Waals surface area (Å²) in [5.74, 6) is -0.307. The number of aryl methyl sites for hydroxylation is 1. The molecular formula is C27H33FN4O2. The van der Waals surface area contributed by atoms with Crippen molar-refractivity contribution in [3.8, 4) is 0 Å². The molecule has 180 valence electrons. The molecule has 0 unspecified atom stereocenters. The summed E-state index contributed by atoms with van der Waals surface area (Å²) in [6.45, 7) is 9.59. The van der Waals surface area contributed by atoms with Gasteiger partial charge in [-0.2, -0.15) is 5.10 Å². The van der Waals surface area contributed by atoms with E-state index in [1.807, 2.05) is 42.2 Å². The second kappa shape index (κ2) is 10.1. The SMILES string of the molecule is CC(=O)C1=NN(c2cc(C)ccc2F)C[C@]1(CCCN1CCN(C(C)=O)CC1)c1ccccc1. The number of halogens is 1.